The van der Waals surface area contributed by atoms with E-state index in [2.05, 4.69) is 10.3 Å². The summed E-state index contributed by atoms with van der Waals surface area (Å²) in [6.45, 7) is -0.608. The molecule has 1 heterocycles. The molecular weight excluding hydrogens is 440 g/mol. The van der Waals surface area contributed by atoms with Crippen molar-refractivity contribution in [1.29, 1.82) is 0 Å². The Bertz CT molecular complexity index is 849. The van der Waals surface area contributed by atoms with Gasteiger partial charge < -0.3 is 10.1 Å². The fourth-order valence-electron chi connectivity index (χ4n) is 1.85. The number of benzene rings is 1. The van der Waals surface area contributed by atoms with E-state index < -0.39 is 30.2 Å². The maximum absolute atomic E-state index is 12.5. The highest BCUT2D eigenvalue weighted by Crippen LogP contribution is 2.32. The Morgan fingerprint density at radius 1 is 1.18 bits per heavy atom. The van der Waals surface area contributed by atoms with Gasteiger partial charge in [-0.1, -0.05) is 23.2 Å². The average Bonchev–Trinajstić information content (AvgIpc) is 2.62. The van der Waals surface area contributed by atoms with Crippen molar-refractivity contribution in [3.05, 3.63) is 52.1 Å². The van der Waals surface area contributed by atoms with Gasteiger partial charge in [0.2, 0.25) is 0 Å². The van der Waals surface area contributed by atoms with Crippen molar-refractivity contribution < 1.29 is 27.5 Å². The van der Waals surface area contributed by atoms with Crippen molar-refractivity contribution in [2.24, 2.45) is 0 Å². The summed E-state index contributed by atoms with van der Waals surface area (Å²) in [6.07, 6.45) is -3.99. The van der Waals surface area contributed by atoms with Crippen molar-refractivity contribution in [3.63, 3.8) is 0 Å². The zero-order valence-electron chi connectivity index (χ0n) is 14.1. The third kappa shape index (κ3) is 7.21. The number of nitrogens with zero attached hydrogens (tertiary/aromatic N) is 1. The molecule has 1 aromatic carbocycles. The Kier molecular flexibility index (Phi) is 7.97. The lowest BCUT2D eigenvalue weighted by molar-refractivity contribution is -0.146. The normalized spacial score (nSPS) is 11.2. The second kappa shape index (κ2) is 9.99. The minimum absolute atomic E-state index is 0.0693. The molecule has 0 aliphatic rings. The van der Waals surface area contributed by atoms with Gasteiger partial charge in [0.1, 0.15) is 0 Å². The van der Waals surface area contributed by atoms with Crippen molar-refractivity contribution in [2.45, 2.75) is 17.5 Å². The Morgan fingerprint density at radius 3 is 2.46 bits per heavy atom. The molecule has 0 aliphatic carbocycles. The fraction of sp³-hybridized carbons (Fsp3) is 0.235. The smallest absolute Gasteiger partial charge is 0.417 e. The number of hydrogen-bond acceptors (Lipinski definition) is 5. The first-order valence-corrected chi connectivity index (χ1v) is 9.46. The van der Waals surface area contributed by atoms with E-state index in [0.717, 1.165) is 4.90 Å². The van der Waals surface area contributed by atoms with Gasteiger partial charge in [-0.2, -0.15) is 13.2 Å². The number of hydrogen-bond donors (Lipinski definition) is 1. The fourth-order valence-corrected chi connectivity index (χ4v) is 3.03. The van der Waals surface area contributed by atoms with E-state index in [1.165, 1.54) is 11.8 Å². The largest absolute Gasteiger partial charge is 0.456 e. The number of ether oxygens (including phenoxy) is 1. The Hall–Kier alpha value is -1.97. The molecule has 150 valence electrons. The van der Waals surface area contributed by atoms with Gasteiger partial charge >= 0.3 is 12.1 Å². The highest BCUT2D eigenvalue weighted by molar-refractivity contribution is 7.99. The van der Waals surface area contributed by atoms with Crippen molar-refractivity contribution in [1.82, 2.24) is 4.98 Å². The predicted molar refractivity (Wildman–Crippen MR) is 101 cm³/mol. The summed E-state index contributed by atoms with van der Waals surface area (Å²) in [7, 11) is 0. The number of aromatic nitrogens is 1. The maximum atomic E-state index is 12.5. The van der Waals surface area contributed by atoms with Crippen LogP contribution in [-0.4, -0.2) is 29.2 Å². The summed E-state index contributed by atoms with van der Waals surface area (Å²) in [4.78, 5) is 27.8. The second-order valence-electron chi connectivity index (χ2n) is 5.31. The molecule has 0 aliphatic heterocycles. The Balaban J connectivity index is 1.74. The van der Waals surface area contributed by atoms with Crippen LogP contribution in [0.4, 0.5) is 19.0 Å². The minimum Gasteiger partial charge on any atom is -0.456 e. The number of amides is 1. The van der Waals surface area contributed by atoms with Crippen LogP contribution in [0.5, 0.6) is 0 Å². The molecule has 1 amide bonds. The van der Waals surface area contributed by atoms with E-state index in [9.17, 15) is 22.8 Å². The van der Waals surface area contributed by atoms with E-state index in [4.69, 9.17) is 27.9 Å². The van der Waals surface area contributed by atoms with E-state index in [-0.39, 0.29) is 17.3 Å². The van der Waals surface area contributed by atoms with Gasteiger partial charge in [0.25, 0.3) is 5.91 Å². The predicted octanol–water partition coefficient (Wildman–Crippen LogP) is 5.07. The lowest BCUT2D eigenvalue weighted by atomic mass is 10.3. The van der Waals surface area contributed by atoms with Gasteiger partial charge in [-0.3, -0.25) is 9.59 Å². The molecule has 11 heteroatoms. The van der Waals surface area contributed by atoms with Gasteiger partial charge in [-0.15, -0.1) is 11.8 Å². The van der Waals surface area contributed by atoms with Gasteiger partial charge in [-0.25, -0.2) is 4.98 Å². The highest BCUT2D eigenvalue weighted by atomic mass is 35.5. The Morgan fingerprint density at radius 2 is 1.86 bits per heavy atom. The summed E-state index contributed by atoms with van der Waals surface area (Å²) in [5.74, 6) is -1.18. The van der Waals surface area contributed by atoms with Crippen LogP contribution >= 0.6 is 35.0 Å². The SMILES string of the molecule is O=C(COC(=O)CCSc1ccc(Cl)cc1)Nc1ncc(C(F)(F)F)cc1Cl. The molecule has 28 heavy (non-hydrogen) atoms. The zero-order valence-corrected chi connectivity index (χ0v) is 16.4. The zero-order chi connectivity index (χ0) is 20.7. The number of anilines is 1. The molecule has 2 rings (SSSR count). The number of thioether (sulfide) groups is 1. The second-order valence-corrected chi connectivity index (χ2v) is 7.33. The van der Waals surface area contributed by atoms with Crippen LogP contribution < -0.4 is 5.32 Å². The summed E-state index contributed by atoms with van der Waals surface area (Å²) < 4.78 is 42.5. The molecule has 0 bridgehead atoms. The number of pyridine rings is 1. The number of nitrogens with one attached hydrogen (secondary N) is 1. The topological polar surface area (TPSA) is 68.3 Å². The summed E-state index contributed by atoms with van der Waals surface area (Å²) >= 11 is 12.9. The van der Waals surface area contributed by atoms with E-state index in [1.54, 1.807) is 12.1 Å². The molecular formula is C17H13Cl2F3N2O3S. The number of esters is 1. The molecule has 0 radical (unpaired) electrons. The third-order valence-corrected chi connectivity index (χ3v) is 4.73. The molecule has 2 aromatic rings. The molecule has 0 spiro atoms. The molecule has 0 atom stereocenters. The number of carbonyl (C=O) groups excluding carboxylic acids is 2. The maximum Gasteiger partial charge on any atom is 0.417 e. The van der Waals surface area contributed by atoms with Crippen LogP contribution in [0.3, 0.4) is 0 Å². The third-order valence-electron chi connectivity index (χ3n) is 3.18. The molecule has 0 saturated carbocycles. The first-order chi connectivity index (χ1) is 13.1. The minimum atomic E-state index is -4.60. The van der Waals surface area contributed by atoms with E-state index in [0.29, 0.717) is 23.0 Å². The van der Waals surface area contributed by atoms with Crippen LogP contribution in [-0.2, 0) is 20.5 Å². The van der Waals surface area contributed by atoms with Crippen LogP contribution in [0.1, 0.15) is 12.0 Å². The molecule has 1 N–H and O–H groups in total. The van der Waals surface area contributed by atoms with Crippen LogP contribution in [0.25, 0.3) is 0 Å². The van der Waals surface area contributed by atoms with E-state index in [1.807, 2.05) is 12.1 Å². The quantitative estimate of drug-likeness (QED) is 0.468. The average molecular weight is 453 g/mol. The lowest BCUT2D eigenvalue weighted by Gasteiger charge is -2.10. The molecule has 0 fully saturated rings. The monoisotopic (exact) mass is 452 g/mol. The van der Waals surface area contributed by atoms with Gasteiger partial charge in [0, 0.05) is 21.9 Å². The highest BCUT2D eigenvalue weighted by Gasteiger charge is 2.31. The standard InChI is InChI=1S/C17H13Cl2F3N2O3S/c18-11-1-3-12(4-2-11)28-6-5-15(26)27-9-14(25)24-16-13(19)7-10(8-23-16)17(20,21)22/h1-4,7-8H,5-6,9H2,(H,23,24,25). The summed E-state index contributed by atoms with van der Waals surface area (Å²) in [5, 5.41) is 2.42. The van der Waals surface area contributed by atoms with Crippen molar-refractivity contribution >= 4 is 52.7 Å². The van der Waals surface area contributed by atoms with Crippen molar-refractivity contribution in [3.8, 4) is 0 Å². The summed E-state index contributed by atoms with van der Waals surface area (Å²) in [5.41, 5.74) is -1.04. The number of carbonyl (C=O) groups is 2. The molecule has 0 saturated heterocycles. The van der Waals surface area contributed by atoms with Gasteiger partial charge in [0.15, 0.2) is 12.4 Å². The Labute approximate surface area is 172 Å². The van der Waals surface area contributed by atoms with Crippen molar-refractivity contribution in [2.75, 3.05) is 17.7 Å². The van der Waals surface area contributed by atoms with Gasteiger partial charge in [0.05, 0.1) is 17.0 Å². The summed E-state index contributed by atoms with van der Waals surface area (Å²) in [6, 6.07) is 7.73. The number of halogens is 5. The first kappa shape index (κ1) is 22.3. The lowest BCUT2D eigenvalue weighted by Crippen LogP contribution is -2.22. The van der Waals surface area contributed by atoms with Crippen LogP contribution in [0.2, 0.25) is 10.0 Å². The molecule has 5 nitrogen and oxygen atoms in total. The number of alkyl halides is 3. The van der Waals surface area contributed by atoms with Crippen LogP contribution in [0, 0.1) is 0 Å². The number of rotatable bonds is 7. The van der Waals surface area contributed by atoms with E-state index >= 15 is 0 Å². The van der Waals surface area contributed by atoms with Crippen LogP contribution in [0.15, 0.2) is 41.4 Å². The van der Waals surface area contributed by atoms with Gasteiger partial charge in [-0.05, 0) is 30.3 Å². The first-order valence-electron chi connectivity index (χ1n) is 7.72. The molecule has 1 aromatic heterocycles. The molecule has 0 unspecified atom stereocenters.